The Bertz CT molecular complexity index is 611. The smallest absolute Gasteiger partial charge is 0.124 e. The van der Waals surface area contributed by atoms with E-state index in [-0.39, 0.29) is 6.61 Å². The van der Waals surface area contributed by atoms with Gasteiger partial charge >= 0.3 is 0 Å². The molecule has 3 rings (SSSR count). The molecule has 0 amide bonds. The molecule has 0 aliphatic carbocycles. The summed E-state index contributed by atoms with van der Waals surface area (Å²) >= 11 is 0. The lowest BCUT2D eigenvalue weighted by molar-refractivity contribution is 0.152. The van der Waals surface area contributed by atoms with Crippen molar-refractivity contribution < 1.29 is 9.84 Å². The number of para-hydroxylation sites is 2. The fraction of sp³-hybridized carbons (Fsp3) is 0.294. The van der Waals surface area contributed by atoms with Crippen molar-refractivity contribution in [2.24, 2.45) is 0 Å². The quantitative estimate of drug-likeness (QED) is 0.899. The van der Waals surface area contributed by atoms with Crippen molar-refractivity contribution in [3.8, 4) is 5.75 Å². The summed E-state index contributed by atoms with van der Waals surface area (Å²) < 4.78 is 5.70. The van der Waals surface area contributed by atoms with E-state index in [0.717, 1.165) is 23.4 Å². The molecule has 0 aromatic heterocycles. The van der Waals surface area contributed by atoms with Gasteiger partial charge in [-0.05, 0) is 24.6 Å². The molecular weight excluding hydrogens is 250 g/mol. The van der Waals surface area contributed by atoms with E-state index in [1.54, 1.807) is 0 Å². The standard InChI is InChI=1S/C17H19NO2/c1-13-6-2-4-8-15(13)18-17(12-19)10-11-20-16-9-5-3-7-14(16)17/h2-9,18-19H,10-12H2,1H3. The molecule has 0 spiro atoms. The van der Waals surface area contributed by atoms with E-state index >= 15 is 0 Å². The summed E-state index contributed by atoms with van der Waals surface area (Å²) in [6, 6.07) is 16.1. The zero-order chi connectivity index (χ0) is 14.0. The molecule has 0 saturated heterocycles. The molecule has 1 aliphatic rings. The molecule has 1 atom stereocenters. The molecule has 3 heteroatoms. The summed E-state index contributed by atoms with van der Waals surface area (Å²) in [5.74, 6) is 0.855. The van der Waals surface area contributed by atoms with Crippen LogP contribution in [0.3, 0.4) is 0 Å². The van der Waals surface area contributed by atoms with Crippen LogP contribution in [-0.2, 0) is 5.54 Å². The summed E-state index contributed by atoms with van der Waals surface area (Å²) in [6.07, 6.45) is 0.745. The summed E-state index contributed by atoms with van der Waals surface area (Å²) in [5.41, 5.74) is 2.78. The summed E-state index contributed by atoms with van der Waals surface area (Å²) in [6.45, 7) is 2.72. The maximum atomic E-state index is 10.0. The predicted octanol–water partition coefficient (Wildman–Crippen LogP) is 3.08. The van der Waals surface area contributed by atoms with Gasteiger partial charge in [-0.3, -0.25) is 0 Å². The van der Waals surface area contributed by atoms with Crippen LogP contribution in [0.15, 0.2) is 48.5 Å². The van der Waals surface area contributed by atoms with E-state index in [1.807, 2.05) is 42.5 Å². The van der Waals surface area contributed by atoms with Gasteiger partial charge in [0.05, 0.1) is 18.8 Å². The van der Waals surface area contributed by atoms with Crippen LogP contribution >= 0.6 is 0 Å². The molecular formula is C17H19NO2. The fourth-order valence-corrected chi connectivity index (χ4v) is 2.76. The van der Waals surface area contributed by atoms with Crippen LogP contribution in [0.25, 0.3) is 0 Å². The number of anilines is 1. The monoisotopic (exact) mass is 269 g/mol. The van der Waals surface area contributed by atoms with Crippen LogP contribution in [0.4, 0.5) is 5.69 Å². The molecule has 2 aromatic rings. The Morgan fingerprint density at radius 1 is 1.15 bits per heavy atom. The molecule has 0 bridgehead atoms. The molecule has 2 aromatic carbocycles. The van der Waals surface area contributed by atoms with Crippen LogP contribution in [0.5, 0.6) is 5.75 Å². The number of rotatable bonds is 3. The molecule has 2 N–H and O–H groups in total. The Kier molecular flexibility index (Phi) is 3.36. The minimum absolute atomic E-state index is 0.0434. The van der Waals surface area contributed by atoms with E-state index in [0.29, 0.717) is 6.61 Å². The summed E-state index contributed by atoms with van der Waals surface area (Å²) in [7, 11) is 0. The highest BCUT2D eigenvalue weighted by atomic mass is 16.5. The fourth-order valence-electron chi connectivity index (χ4n) is 2.76. The molecule has 104 valence electrons. The minimum Gasteiger partial charge on any atom is -0.493 e. The summed E-state index contributed by atoms with van der Waals surface area (Å²) in [4.78, 5) is 0. The number of aliphatic hydroxyl groups excluding tert-OH is 1. The number of hydrogen-bond acceptors (Lipinski definition) is 3. The number of aliphatic hydroxyl groups is 1. The van der Waals surface area contributed by atoms with Crippen molar-refractivity contribution in [1.82, 2.24) is 0 Å². The third-order valence-electron chi connectivity index (χ3n) is 3.98. The van der Waals surface area contributed by atoms with Crippen molar-refractivity contribution >= 4 is 5.69 Å². The van der Waals surface area contributed by atoms with Crippen LogP contribution in [-0.4, -0.2) is 18.3 Å². The molecule has 3 nitrogen and oxygen atoms in total. The van der Waals surface area contributed by atoms with Crippen molar-refractivity contribution in [1.29, 1.82) is 0 Å². The van der Waals surface area contributed by atoms with E-state index in [9.17, 15) is 5.11 Å². The Hall–Kier alpha value is -2.00. The maximum absolute atomic E-state index is 10.0. The first-order valence-corrected chi connectivity index (χ1v) is 6.92. The highest BCUT2D eigenvalue weighted by Crippen LogP contribution is 2.39. The molecule has 0 saturated carbocycles. The number of ether oxygens (including phenoxy) is 1. The zero-order valence-electron chi connectivity index (χ0n) is 11.6. The second-order valence-corrected chi connectivity index (χ2v) is 5.27. The Morgan fingerprint density at radius 2 is 1.90 bits per heavy atom. The predicted molar refractivity (Wildman–Crippen MR) is 80.1 cm³/mol. The van der Waals surface area contributed by atoms with Crippen molar-refractivity contribution in [3.63, 3.8) is 0 Å². The van der Waals surface area contributed by atoms with Crippen LogP contribution < -0.4 is 10.1 Å². The first-order valence-electron chi connectivity index (χ1n) is 6.92. The number of nitrogens with one attached hydrogen (secondary N) is 1. The highest BCUT2D eigenvalue weighted by molar-refractivity contribution is 5.56. The van der Waals surface area contributed by atoms with E-state index in [2.05, 4.69) is 18.3 Å². The zero-order valence-corrected chi connectivity index (χ0v) is 11.6. The number of fused-ring (bicyclic) bond motifs is 1. The normalized spacial score (nSPS) is 20.9. The second kappa shape index (κ2) is 5.17. The largest absolute Gasteiger partial charge is 0.493 e. The minimum atomic E-state index is -0.471. The van der Waals surface area contributed by atoms with Crippen molar-refractivity contribution in [3.05, 3.63) is 59.7 Å². The van der Waals surface area contributed by atoms with Crippen molar-refractivity contribution in [2.45, 2.75) is 18.9 Å². The van der Waals surface area contributed by atoms with Gasteiger partial charge in [0.2, 0.25) is 0 Å². The lowest BCUT2D eigenvalue weighted by Crippen LogP contribution is -2.43. The molecule has 1 aliphatic heterocycles. The third kappa shape index (κ3) is 2.14. The molecule has 1 unspecified atom stereocenters. The summed E-state index contributed by atoms with van der Waals surface area (Å²) in [5, 5.41) is 13.6. The van der Waals surface area contributed by atoms with Crippen molar-refractivity contribution in [2.75, 3.05) is 18.5 Å². The lowest BCUT2D eigenvalue weighted by atomic mass is 9.84. The second-order valence-electron chi connectivity index (χ2n) is 5.27. The molecule has 20 heavy (non-hydrogen) atoms. The lowest BCUT2D eigenvalue weighted by Gasteiger charge is -2.39. The van der Waals surface area contributed by atoms with Gasteiger partial charge in [0.1, 0.15) is 5.75 Å². The van der Waals surface area contributed by atoms with Gasteiger partial charge in [-0.1, -0.05) is 36.4 Å². The average molecular weight is 269 g/mol. The number of hydrogen-bond donors (Lipinski definition) is 2. The number of aryl methyl sites for hydroxylation is 1. The van der Waals surface area contributed by atoms with Crippen LogP contribution in [0.2, 0.25) is 0 Å². The Balaban J connectivity index is 2.03. The van der Waals surface area contributed by atoms with Gasteiger partial charge in [0.25, 0.3) is 0 Å². The first-order chi connectivity index (χ1) is 9.75. The average Bonchev–Trinajstić information content (AvgIpc) is 2.50. The van der Waals surface area contributed by atoms with Crippen LogP contribution in [0.1, 0.15) is 17.5 Å². The van der Waals surface area contributed by atoms with E-state index in [1.165, 1.54) is 5.56 Å². The molecule has 0 radical (unpaired) electrons. The van der Waals surface area contributed by atoms with Gasteiger partial charge in [-0.15, -0.1) is 0 Å². The Labute approximate surface area is 119 Å². The molecule has 0 fully saturated rings. The molecule has 1 heterocycles. The first kappa shape index (κ1) is 13.0. The van der Waals surface area contributed by atoms with Gasteiger partial charge in [0.15, 0.2) is 0 Å². The van der Waals surface area contributed by atoms with Gasteiger partial charge in [0, 0.05) is 17.7 Å². The number of benzene rings is 2. The maximum Gasteiger partial charge on any atom is 0.124 e. The third-order valence-corrected chi connectivity index (χ3v) is 3.98. The highest BCUT2D eigenvalue weighted by Gasteiger charge is 2.37. The van der Waals surface area contributed by atoms with Crippen LogP contribution in [0, 0.1) is 6.92 Å². The van der Waals surface area contributed by atoms with E-state index < -0.39 is 5.54 Å². The van der Waals surface area contributed by atoms with E-state index in [4.69, 9.17) is 4.74 Å². The topological polar surface area (TPSA) is 41.5 Å². The van der Waals surface area contributed by atoms with Gasteiger partial charge < -0.3 is 15.2 Å². The van der Waals surface area contributed by atoms with Gasteiger partial charge in [-0.25, -0.2) is 0 Å². The Morgan fingerprint density at radius 3 is 2.70 bits per heavy atom. The van der Waals surface area contributed by atoms with Gasteiger partial charge in [-0.2, -0.15) is 0 Å². The SMILES string of the molecule is Cc1ccccc1NC1(CO)CCOc2ccccc21.